The molecule has 32 heavy (non-hydrogen) atoms. The number of thioether (sulfide) groups is 1. The number of aromatic nitrogens is 2. The molecule has 0 radical (unpaired) electrons. The van der Waals surface area contributed by atoms with Gasteiger partial charge in [-0.05, 0) is 50.6 Å². The fraction of sp³-hybridized carbons (Fsp3) is 0.261. The number of thiophene rings is 1. The molecule has 0 saturated heterocycles. The van der Waals surface area contributed by atoms with Crippen LogP contribution in [0.15, 0.2) is 57.0 Å². The van der Waals surface area contributed by atoms with Gasteiger partial charge in [0.2, 0.25) is 5.91 Å². The quantitative estimate of drug-likeness (QED) is 0.293. The summed E-state index contributed by atoms with van der Waals surface area (Å²) in [6, 6.07) is 10.9. The number of ether oxygens (including phenoxy) is 1. The third-order valence-corrected chi connectivity index (χ3v) is 7.02. The Bertz CT molecular complexity index is 1310. The number of para-hydroxylation sites is 2. The van der Waals surface area contributed by atoms with E-state index in [1.165, 1.54) is 23.1 Å². The number of nitrogens with zero attached hydrogens (tertiary/aromatic N) is 2. The number of nitrogens with one attached hydrogen (secondary N) is 1. The largest absolute Gasteiger partial charge is 0.492 e. The molecular weight excluding hydrogens is 446 g/mol. The fourth-order valence-corrected chi connectivity index (χ4v) is 5.15. The summed E-state index contributed by atoms with van der Waals surface area (Å²) in [5.41, 5.74) is 1.43. The highest BCUT2D eigenvalue weighted by Crippen LogP contribution is 2.29. The molecule has 0 aliphatic rings. The average molecular weight is 470 g/mol. The lowest BCUT2D eigenvalue weighted by Gasteiger charge is -2.13. The zero-order valence-corrected chi connectivity index (χ0v) is 19.6. The summed E-state index contributed by atoms with van der Waals surface area (Å²) in [6.07, 6.45) is 1.57. The first-order valence-electron chi connectivity index (χ1n) is 10.1. The lowest BCUT2D eigenvalue weighted by atomic mass is 10.2. The molecule has 0 fully saturated rings. The SMILES string of the molecule is CCOc1ccccc1NC(=O)CSc1nc2sc(C)c(C)c2c(=O)n1Cc1ccco1. The van der Waals surface area contributed by atoms with Crippen molar-refractivity contribution in [2.24, 2.45) is 0 Å². The second-order valence-corrected chi connectivity index (χ2v) is 9.24. The Balaban J connectivity index is 1.60. The number of hydrogen-bond acceptors (Lipinski definition) is 7. The van der Waals surface area contributed by atoms with E-state index in [2.05, 4.69) is 5.32 Å². The van der Waals surface area contributed by atoms with Crippen molar-refractivity contribution in [3.63, 3.8) is 0 Å². The predicted molar refractivity (Wildman–Crippen MR) is 128 cm³/mol. The topological polar surface area (TPSA) is 86.4 Å². The minimum absolute atomic E-state index is 0.0971. The maximum Gasteiger partial charge on any atom is 0.263 e. The highest BCUT2D eigenvalue weighted by Gasteiger charge is 2.19. The van der Waals surface area contributed by atoms with Crippen LogP contribution in [0.2, 0.25) is 0 Å². The summed E-state index contributed by atoms with van der Waals surface area (Å²) in [4.78, 5) is 32.4. The van der Waals surface area contributed by atoms with Gasteiger partial charge in [0.05, 0.1) is 36.2 Å². The van der Waals surface area contributed by atoms with Crippen LogP contribution in [0.1, 0.15) is 23.1 Å². The predicted octanol–water partition coefficient (Wildman–Crippen LogP) is 4.85. The molecule has 0 spiro atoms. The molecule has 166 valence electrons. The molecule has 1 aromatic carbocycles. The van der Waals surface area contributed by atoms with Gasteiger partial charge in [-0.3, -0.25) is 14.2 Å². The summed E-state index contributed by atoms with van der Waals surface area (Å²) in [5.74, 6) is 1.15. The first-order chi connectivity index (χ1) is 15.5. The number of carbonyl (C=O) groups excluding carboxylic acids is 1. The van der Waals surface area contributed by atoms with Crippen LogP contribution in [0, 0.1) is 13.8 Å². The summed E-state index contributed by atoms with van der Waals surface area (Å²) in [6.45, 7) is 6.56. The van der Waals surface area contributed by atoms with Gasteiger partial charge < -0.3 is 14.5 Å². The molecule has 4 aromatic rings. The zero-order chi connectivity index (χ0) is 22.7. The van der Waals surface area contributed by atoms with Crippen LogP contribution < -0.4 is 15.6 Å². The van der Waals surface area contributed by atoms with Crippen LogP contribution in [0.5, 0.6) is 5.75 Å². The molecule has 4 rings (SSSR count). The number of rotatable bonds is 8. The molecular formula is C23H23N3O4S2. The van der Waals surface area contributed by atoms with Crippen molar-refractivity contribution in [3.8, 4) is 5.75 Å². The van der Waals surface area contributed by atoms with Gasteiger partial charge in [-0.2, -0.15) is 0 Å². The number of furan rings is 1. The maximum absolute atomic E-state index is 13.3. The first-order valence-corrected chi connectivity index (χ1v) is 12.0. The standard InChI is InChI=1S/C23H23N3O4S2/c1-4-29-18-10-6-5-9-17(18)24-19(27)13-31-23-25-21-20(14(2)15(3)32-21)22(28)26(23)12-16-8-7-11-30-16/h5-11H,4,12-13H2,1-3H3,(H,24,27). The summed E-state index contributed by atoms with van der Waals surface area (Å²) in [5, 5.41) is 3.98. The van der Waals surface area contributed by atoms with Gasteiger partial charge in [0.15, 0.2) is 5.16 Å². The highest BCUT2D eigenvalue weighted by molar-refractivity contribution is 7.99. The smallest absolute Gasteiger partial charge is 0.263 e. The first kappa shape index (κ1) is 22.2. The molecule has 3 aromatic heterocycles. The molecule has 0 atom stereocenters. The number of benzene rings is 1. The Morgan fingerprint density at radius 1 is 1.25 bits per heavy atom. The van der Waals surface area contributed by atoms with Gasteiger partial charge in [0, 0.05) is 4.88 Å². The number of carbonyl (C=O) groups is 1. The molecule has 0 aliphatic carbocycles. The van der Waals surface area contributed by atoms with Crippen molar-refractivity contribution in [2.75, 3.05) is 17.7 Å². The van der Waals surface area contributed by atoms with E-state index in [9.17, 15) is 9.59 Å². The van der Waals surface area contributed by atoms with E-state index in [0.29, 0.717) is 39.2 Å². The lowest BCUT2D eigenvalue weighted by molar-refractivity contribution is -0.113. The second kappa shape index (κ2) is 9.62. The van der Waals surface area contributed by atoms with E-state index in [1.807, 2.05) is 45.0 Å². The average Bonchev–Trinajstić information content (AvgIpc) is 3.38. The molecule has 1 amide bonds. The van der Waals surface area contributed by atoms with Crippen molar-refractivity contribution < 1.29 is 13.9 Å². The van der Waals surface area contributed by atoms with Crippen molar-refractivity contribution in [3.05, 3.63) is 69.2 Å². The number of hydrogen-bond donors (Lipinski definition) is 1. The van der Waals surface area contributed by atoms with E-state index >= 15 is 0 Å². The van der Waals surface area contributed by atoms with Crippen molar-refractivity contribution >= 4 is 44.9 Å². The van der Waals surface area contributed by atoms with Crippen LogP contribution in [0.3, 0.4) is 0 Å². The van der Waals surface area contributed by atoms with Crippen LogP contribution in [-0.2, 0) is 11.3 Å². The van der Waals surface area contributed by atoms with Gasteiger partial charge in [-0.25, -0.2) is 4.98 Å². The van der Waals surface area contributed by atoms with Crippen LogP contribution in [0.25, 0.3) is 10.2 Å². The van der Waals surface area contributed by atoms with Crippen molar-refractivity contribution in [1.82, 2.24) is 9.55 Å². The van der Waals surface area contributed by atoms with E-state index in [-0.39, 0.29) is 23.8 Å². The normalized spacial score (nSPS) is 11.1. The third-order valence-electron chi connectivity index (χ3n) is 4.94. The monoisotopic (exact) mass is 469 g/mol. The van der Waals surface area contributed by atoms with Crippen LogP contribution in [-0.4, -0.2) is 27.8 Å². The Kier molecular flexibility index (Phi) is 6.66. The van der Waals surface area contributed by atoms with E-state index in [4.69, 9.17) is 14.1 Å². The maximum atomic E-state index is 13.3. The highest BCUT2D eigenvalue weighted by atomic mass is 32.2. The molecule has 1 N–H and O–H groups in total. The summed E-state index contributed by atoms with van der Waals surface area (Å²) < 4.78 is 12.6. The van der Waals surface area contributed by atoms with Gasteiger partial charge >= 0.3 is 0 Å². The Labute approximate surface area is 193 Å². The molecule has 0 saturated carbocycles. The second-order valence-electron chi connectivity index (χ2n) is 7.09. The molecule has 3 heterocycles. The van der Waals surface area contributed by atoms with E-state index in [1.54, 1.807) is 23.0 Å². The minimum Gasteiger partial charge on any atom is -0.492 e. The number of anilines is 1. The Morgan fingerprint density at radius 3 is 2.81 bits per heavy atom. The summed E-state index contributed by atoms with van der Waals surface area (Å²) >= 11 is 2.71. The van der Waals surface area contributed by atoms with Crippen LogP contribution >= 0.6 is 23.1 Å². The Hall–Kier alpha value is -3.04. The van der Waals surface area contributed by atoms with Gasteiger partial charge in [0.25, 0.3) is 5.56 Å². The molecule has 0 aliphatic heterocycles. The van der Waals surface area contributed by atoms with Crippen molar-refractivity contribution in [2.45, 2.75) is 32.5 Å². The number of fused-ring (bicyclic) bond motifs is 1. The van der Waals surface area contributed by atoms with Crippen LogP contribution in [0.4, 0.5) is 5.69 Å². The van der Waals surface area contributed by atoms with Gasteiger partial charge in [-0.1, -0.05) is 23.9 Å². The lowest BCUT2D eigenvalue weighted by Crippen LogP contribution is -2.24. The molecule has 9 heteroatoms. The summed E-state index contributed by atoms with van der Waals surface area (Å²) in [7, 11) is 0. The van der Waals surface area contributed by atoms with Gasteiger partial charge in [-0.15, -0.1) is 11.3 Å². The van der Waals surface area contributed by atoms with E-state index < -0.39 is 0 Å². The zero-order valence-electron chi connectivity index (χ0n) is 18.0. The minimum atomic E-state index is -0.209. The van der Waals surface area contributed by atoms with Gasteiger partial charge in [0.1, 0.15) is 16.3 Å². The molecule has 0 unspecified atom stereocenters. The number of amides is 1. The molecule has 0 bridgehead atoms. The molecule has 7 nitrogen and oxygen atoms in total. The Morgan fingerprint density at radius 2 is 2.06 bits per heavy atom. The van der Waals surface area contributed by atoms with E-state index in [0.717, 1.165) is 10.4 Å². The number of aryl methyl sites for hydroxylation is 2. The fourth-order valence-electron chi connectivity index (χ4n) is 3.28. The van der Waals surface area contributed by atoms with Crippen molar-refractivity contribution in [1.29, 1.82) is 0 Å². The third kappa shape index (κ3) is 4.58.